The van der Waals surface area contributed by atoms with Crippen LogP contribution in [0.4, 0.5) is 5.69 Å². The molecule has 1 fully saturated rings. The summed E-state index contributed by atoms with van der Waals surface area (Å²) >= 11 is 0. The van der Waals surface area contributed by atoms with Gasteiger partial charge in [0.25, 0.3) is 5.91 Å². The summed E-state index contributed by atoms with van der Waals surface area (Å²) in [5.74, 6) is -0.0782. The van der Waals surface area contributed by atoms with Gasteiger partial charge in [0.15, 0.2) is 0 Å². The summed E-state index contributed by atoms with van der Waals surface area (Å²) in [4.78, 5) is 19.7. The molecule has 1 amide bonds. The molecule has 2 heterocycles. The topological polar surface area (TPSA) is 51.4 Å². The van der Waals surface area contributed by atoms with E-state index in [1.54, 1.807) is 7.05 Å². The van der Waals surface area contributed by atoms with E-state index in [-0.39, 0.29) is 5.91 Å². The van der Waals surface area contributed by atoms with Crippen molar-refractivity contribution in [2.45, 2.75) is 0 Å². The number of aromatic amines is 1. The molecule has 2 N–H and O–H groups in total. The van der Waals surface area contributed by atoms with Gasteiger partial charge < -0.3 is 20.1 Å². The number of aromatic nitrogens is 1. The highest BCUT2D eigenvalue weighted by molar-refractivity contribution is 6.01. The van der Waals surface area contributed by atoms with E-state index >= 15 is 0 Å². The van der Waals surface area contributed by atoms with Crippen LogP contribution in [0.1, 0.15) is 10.5 Å². The van der Waals surface area contributed by atoms with Crippen LogP contribution in [0.3, 0.4) is 0 Å². The number of likely N-dealkylation sites (N-methyl/N-ethyl adjacent to an activating group) is 1. The number of rotatable bonds is 2. The van der Waals surface area contributed by atoms with Crippen molar-refractivity contribution in [3.8, 4) is 0 Å². The third-order valence-corrected chi connectivity index (χ3v) is 3.96. The van der Waals surface area contributed by atoms with Crippen LogP contribution in [0.25, 0.3) is 10.9 Å². The third-order valence-electron chi connectivity index (χ3n) is 3.96. The van der Waals surface area contributed by atoms with Crippen molar-refractivity contribution in [2.75, 3.05) is 45.2 Å². The first-order valence-corrected chi connectivity index (χ1v) is 6.96. The minimum Gasteiger partial charge on any atom is -0.368 e. The lowest BCUT2D eigenvalue weighted by Crippen LogP contribution is -2.44. The van der Waals surface area contributed by atoms with Crippen LogP contribution in [0.2, 0.25) is 0 Å². The number of carbonyl (C=O) groups is 1. The molecular weight excluding hydrogens is 252 g/mol. The quantitative estimate of drug-likeness (QED) is 0.866. The normalized spacial score (nSPS) is 16.6. The average molecular weight is 272 g/mol. The zero-order valence-corrected chi connectivity index (χ0v) is 11.9. The molecule has 2 aromatic rings. The number of nitrogens with zero attached hydrogens (tertiary/aromatic N) is 2. The predicted molar refractivity (Wildman–Crippen MR) is 81.4 cm³/mol. The fourth-order valence-electron chi connectivity index (χ4n) is 2.72. The maximum absolute atomic E-state index is 11.8. The van der Waals surface area contributed by atoms with E-state index in [2.05, 4.69) is 33.2 Å². The maximum Gasteiger partial charge on any atom is 0.267 e. The number of piperazine rings is 1. The number of nitrogens with one attached hydrogen (secondary N) is 2. The number of anilines is 1. The molecule has 0 radical (unpaired) electrons. The minimum atomic E-state index is -0.0782. The summed E-state index contributed by atoms with van der Waals surface area (Å²) in [5, 5.41) is 3.78. The Labute approximate surface area is 118 Å². The van der Waals surface area contributed by atoms with E-state index in [1.807, 2.05) is 18.2 Å². The van der Waals surface area contributed by atoms with E-state index < -0.39 is 0 Å². The number of carbonyl (C=O) groups excluding carboxylic acids is 1. The molecule has 0 atom stereocenters. The van der Waals surface area contributed by atoms with Crippen LogP contribution < -0.4 is 10.2 Å². The van der Waals surface area contributed by atoms with Crippen LogP contribution in [0, 0.1) is 0 Å². The lowest BCUT2D eigenvalue weighted by molar-refractivity contribution is 0.0959. The molecule has 1 aliphatic rings. The first-order chi connectivity index (χ1) is 9.69. The Morgan fingerprint density at radius 1 is 1.25 bits per heavy atom. The summed E-state index contributed by atoms with van der Waals surface area (Å²) in [7, 11) is 3.80. The monoisotopic (exact) mass is 272 g/mol. The van der Waals surface area contributed by atoms with Crippen molar-refractivity contribution in [3.63, 3.8) is 0 Å². The van der Waals surface area contributed by atoms with E-state index in [4.69, 9.17) is 0 Å². The summed E-state index contributed by atoms with van der Waals surface area (Å²) in [6.07, 6.45) is 0. The largest absolute Gasteiger partial charge is 0.368 e. The van der Waals surface area contributed by atoms with Crippen LogP contribution in [-0.4, -0.2) is 56.1 Å². The van der Waals surface area contributed by atoms with Gasteiger partial charge in [-0.05, 0) is 25.2 Å². The van der Waals surface area contributed by atoms with Crippen molar-refractivity contribution in [1.82, 2.24) is 15.2 Å². The summed E-state index contributed by atoms with van der Waals surface area (Å²) in [5.41, 5.74) is 2.84. The molecule has 3 rings (SSSR count). The number of benzene rings is 1. The summed E-state index contributed by atoms with van der Waals surface area (Å²) in [6, 6.07) is 8.14. The van der Waals surface area contributed by atoms with E-state index in [0.29, 0.717) is 5.69 Å². The van der Waals surface area contributed by atoms with E-state index in [1.165, 1.54) is 5.69 Å². The second-order valence-corrected chi connectivity index (χ2v) is 5.29. The van der Waals surface area contributed by atoms with Gasteiger partial charge >= 0.3 is 0 Å². The number of H-pyrrole nitrogens is 1. The Morgan fingerprint density at radius 3 is 2.70 bits per heavy atom. The second kappa shape index (κ2) is 5.17. The first-order valence-electron chi connectivity index (χ1n) is 6.96. The van der Waals surface area contributed by atoms with Gasteiger partial charge in [0, 0.05) is 49.8 Å². The minimum absolute atomic E-state index is 0.0782. The molecule has 1 aliphatic heterocycles. The SMILES string of the molecule is CNC(=O)c1cc2c(N3CCN(C)CC3)cccc2[nH]1. The zero-order valence-electron chi connectivity index (χ0n) is 11.9. The smallest absolute Gasteiger partial charge is 0.267 e. The van der Waals surface area contributed by atoms with E-state index in [9.17, 15) is 4.79 Å². The van der Waals surface area contributed by atoms with Crippen LogP contribution in [-0.2, 0) is 0 Å². The number of fused-ring (bicyclic) bond motifs is 1. The number of hydrogen-bond acceptors (Lipinski definition) is 3. The Bertz CT molecular complexity index is 626. The molecule has 0 unspecified atom stereocenters. The van der Waals surface area contributed by atoms with Gasteiger partial charge in [-0.3, -0.25) is 4.79 Å². The van der Waals surface area contributed by atoms with Crippen molar-refractivity contribution in [1.29, 1.82) is 0 Å². The van der Waals surface area contributed by atoms with Gasteiger partial charge in [0.05, 0.1) is 0 Å². The molecule has 20 heavy (non-hydrogen) atoms. The highest BCUT2D eigenvalue weighted by Crippen LogP contribution is 2.28. The third kappa shape index (κ3) is 2.25. The van der Waals surface area contributed by atoms with E-state index in [0.717, 1.165) is 37.1 Å². The zero-order chi connectivity index (χ0) is 14.1. The average Bonchev–Trinajstić information content (AvgIpc) is 2.91. The Balaban J connectivity index is 1.98. The van der Waals surface area contributed by atoms with Gasteiger partial charge in [-0.25, -0.2) is 0 Å². The highest BCUT2D eigenvalue weighted by atomic mass is 16.1. The molecule has 1 aromatic heterocycles. The maximum atomic E-state index is 11.8. The molecule has 0 aliphatic carbocycles. The fraction of sp³-hybridized carbons (Fsp3) is 0.400. The van der Waals surface area contributed by atoms with Gasteiger partial charge in [0.2, 0.25) is 0 Å². The Hall–Kier alpha value is -2.01. The molecule has 0 bridgehead atoms. The lowest BCUT2D eigenvalue weighted by Gasteiger charge is -2.34. The van der Waals surface area contributed by atoms with Crippen molar-refractivity contribution < 1.29 is 4.79 Å². The fourth-order valence-corrected chi connectivity index (χ4v) is 2.72. The molecule has 1 saturated heterocycles. The van der Waals surface area contributed by atoms with Gasteiger partial charge in [-0.2, -0.15) is 0 Å². The summed E-state index contributed by atoms with van der Waals surface area (Å²) < 4.78 is 0. The first kappa shape index (κ1) is 13.0. The molecule has 5 nitrogen and oxygen atoms in total. The Kier molecular flexibility index (Phi) is 3.36. The molecule has 5 heteroatoms. The van der Waals surface area contributed by atoms with Crippen molar-refractivity contribution in [3.05, 3.63) is 30.0 Å². The molecule has 1 aromatic carbocycles. The highest BCUT2D eigenvalue weighted by Gasteiger charge is 2.18. The molecular formula is C15H20N4O. The van der Waals surface area contributed by atoms with Crippen LogP contribution in [0.5, 0.6) is 0 Å². The number of amides is 1. The van der Waals surface area contributed by atoms with Gasteiger partial charge in [-0.1, -0.05) is 6.07 Å². The molecule has 0 spiro atoms. The summed E-state index contributed by atoms with van der Waals surface area (Å²) in [6.45, 7) is 4.19. The van der Waals surface area contributed by atoms with Crippen molar-refractivity contribution >= 4 is 22.5 Å². The Morgan fingerprint density at radius 2 is 2.00 bits per heavy atom. The lowest BCUT2D eigenvalue weighted by atomic mass is 10.1. The number of hydrogen-bond donors (Lipinski definition) is 2. The molecule has 0 saturated carbocycles. The second-order valence-electron chi connectivity index (χ2n) is 5.29. The van der Waals surface area contributed by atoms with Crippen molar-refractivity contribution in [2.24, 2.45) is 0 Å². The van der Waals surface area contributed by atoms with Crippen LogP contribution in [0.15, 0.2) is 24.3 Å². The van der Waals surface area contributed by atoms with Gasteiger partial charge in [-0.15, -0.1) is 0 Å². The predicted octanol–water partition coefficient (Wildman–Crippen LogP) is 1.28. The van der Waals surface area contributed by atoms with Gasteiger partial charge in [0.1, 0.15) is 5.69 Å². The van der Waals surface area contributed by atoms with Crippen LogP contribution >= 0.6 is 0 Å². The molecule has 106 valence electrons. The standard InChI is InChI=1S/C15H20N4O/c1-16-15(20)13-10-11-12(17-13)4-3-5-14(11)19-8-6-18(2)7-9-19/h3-5,10,17H,6-9H2,1-2H3,(H,16,20).